The van der Waals surface area contributed by atoms with Gasteiger partial charge in [-0.3, -0.25) is 9.59 Å². The number of hydrogen-bond donors (Lipinski definition) is 2. The van der Waals surface area contributed by atoms with Crippen molar-refractivity contribution in [3.8, 4) is 11.6 Å². The lowest BCUT2D eigenvalue weighted by molar-refractivity contribution is -0.121. The van der Waals surface area contributed by atoms with Crippen LogP contribution in [-0.4, -0.2) is 23.3 Å². The zero-order chi connectivity index (χ0) is 23.8. The first-order valence-corrected chi connectivity index (χ1v) is 10.5. The number of amides is 2. The Labute approximate surface area is 191 Å². The van der Waals surface area contributed by atoms with Crippen LogP contribution in [0.3, 0.4) is 0 Å². The van der Waals surface area contributed by atoms with E-state index in [1.165, 1.54) is 0 Å². The van der Waals surface area contributed by atoms with Crippen molar-refractivity contribution in [3.63, 3.8) is 0 Å². The first-order chi connectivity index (χ1) is 15.8. The number of aromatic nitrogens is 1. The molecule has 0 aliphatic rings. The predicted molar refractivity (Wildman–Crippen MR) is 120 cm³/mol. The van der Waals surface area contributed by atoms with Gasteiger partial charge in [0.2, 0.25) is 11.8 Å². The van der Waals surface area contributed by atoms with Gasteiger partial charge < -0.3 is 15.4 Å². The summed E-state index contributed by atoms with van der Waals surface area (Å²) < 4.78 is 32.3. The molecule has 33 heavy (non-hydrogen) atoms. The van der Waals surface area contributed by atoms with Crippen molar-refractivity contribution in [1.29, 1.82) is 0 Å². The normalized spacial score (nSPS) is 10.5. The molecular formula is C25H25F2N3O3. The molecule has 0 spiro atoms. The number of nitrogens with zero attached hydrogens (tertiary/aromatic N) is 1. The summed E-state index contributed by atoms with van der Waals surface area (Å²) in [6.07, 6.45) is 2.20. The molecule has 0 saturated heterocycles. The molecule has 0 unspecified atom stereocenters. The Bertz CT molecular complexity index is 1130. The highest BCUT2D eigenvalue weighted by Crippen LogP contribution is 2.24. The maximum absolute atomic E-state index is 13.6. The molecule has 2 amide bonds. The molecule has 0 saturated carbocycles. The third-order valence-corrected chi connectivity index (χ3v) is 4.89. The van der Waals surface area contributed by atoms with E-state index in [4.69, 9.17) is 4.74 Å². The first kappa shape index (κ1) is 23.8. The van der Waals surface area contributed by atoms with E-state index in [0.29, 0.717) is 24.9 Å². The number of halogens is 2. The number of hydrogen-bond acceptors (Lipinski definition) is 4. The predicted octanol–water partition coefficient (Wildman–Crippen LogP) is 4.60. The van der Waals surface area contributed by atoms with Crippen LogP contribution in [0.4, 0.5) is 8.78 Å². The standard InChI is InChI=1S/C25H25F2N3O3/c1-16-5-6-17(2)22(12-16)33-24-10-7-18(15-30-24)14-29-23(31)4-3-11-28-25(32)20-9-8-19(26)13-21(20)27/h5-10,12-13,15H,3-4,11,14H2,1-2H3,(H,28,32)(H,29,31). The van der Waals surface area contributed by atoms with Gasteiger partial charge in [-0.25, -0.2) is 13.8 Å². The maximum atomic E-state index is 13.6. The molecular weight excluding hydrogens is 428 g/mol. The zero-order valence-corrected chi connectivity index (χ0v) is 18.5. The zero-order valence-electron chi connectivity index (χ0n) is 18.5. The van der Waals surface area contributed by atoms with Gasteiger partial charge in [0.05, 0.1) is 5.56 Å². The van der Waals surface area contributed by atoms with Crippen LogP contribution in [0, 0.1) is 25.5 Å². The smallest absolute Gasteiger partial charge is 0.254 e. The SMILES string of the molecule is Cc1ccc(C)c(Oc2ccc(CNC(=O)CCCNC(=O)c3ccc(F)cc3F)cn2)c1. The van der Waals surface area contributed by atoms with Gasteiger partial charge in [0, 0.05) is 37.8 Å². The van der Waals surface area contributed by atoms with Gasteiger partial charge in [-0.15, -0.1) is 0 Å². The molecule has 0 aliphatic heterocycles. The van der Waals surface area contributed by atoms with Crippen molar-refractivity contribution in [1.82, 2.24) is 15.6 Å². The van der Waals surface area contributed by atoms with E-state index in [9.17, 15) is 18.4 Å². The summed E-state index contributed by atoms with van der Waals surface area (Å²) in [7, 11) is 0. The molecule has 3 rings (SSSR count). The number of benzene rings is 2. The largest absolute Gasteiger partial charge is 0.439 e. The summed E-state index contributed by atoms with van der Waals surface area (Å²) in [4.78, 5) is 28.2. The number of rotatable bonds is 9. The van der Waals surface area contributed by atoms with E-state index in [1.807, 2.05) is 38.1 Å². The highest BCUT2D eigenvalue weighted by Gasteiger charge is 2.12. The molecule has 0 fully saturated rings. The summed E-state index contributed by atoms with van der Waals surface area (Å²) in [5.74, 6) is -1.30. The van der Waals surface area contributed by atoms with Gasteiger partial charge in [0.25, 0.3) is 5.91 Å². The quantitative estimate of drug-likeness (QED) is 0.464. The topological polar surface area (TPSA) is 80.3 Å². The lowest BCUT2D eigenvalue weighted by atomic mass is 10.1. The van der Waals surface area contributed by atoms with E-state index in [0.717, 1.165) is 34.6 Å². The molecule has 3 aromatic rings. The molecule has 1 heterocycles. The van der Waals surface area contributed by atoms with Gasteiger partial charge in [0.1, 0.15) is 17.4 Å². The van der Waals surface area contributed by atoms with E-state index >= 15 is 0 Å². The molecule has 0 atom stereocenters. The van der Waals surface area contributed by atoms with E-state index < -0.39 is 17.5 Å². The number of pyridine rings is 1. The Morgan fingerprint density at radius 1 is 1.00 bits per heavy atom. The highest BCUT2D eigenvalue weighted by molar-refractivity contribution is 5.94. The van der Waals surface area contributed by atoms with E-state index in [2.05, 4.69) is 15.6 Å². The van der Waals surface area contributed by atoms with Crippen LogP contribution in [0.25, 0.3) is 0 Å². The molecule has 0 bridgehead atoms. The highest BCUT2D eigenvalue weighted by atomic mass is 19.1. The van der Waals surface area contributed by atoms with E-state index in [-0.39, 0.29) is 24.4 Å². The Kier molecular flexibility index (Phi) is 8.07. The van der Waals surface area contributed by atoms with Gasteiger partial charge >= 0.3 is 0 Å². The van der Waals surface area contributed by atoms with Crippen LogP contribution >= 0.6 is 0 Å². The first-order valence-electron chi connectivity index (χ1n) is 10.5. The molecule has 8 heteroatoms. The fourth-order valence-electron chi connectivity index (χ4n) is 3.01. The van der Waals surface area contributed by atoms with Crippen LogP contribution in [0.5, 0.6) is 11.6 Å². The van der Waals surface area contributed by atoms with Gasteiger partial charge in [-0.2, -0.15) is 0 Å². The van der Waals surface area contributed by atoms with Crippen molar-refractivity contribution in [2.45, 2.75) is 33.2 Å². The minimum Gasteiger partial charge on any atom is -0.439 e. The van der Waals surface area contributed by atoms with Crippen LogP contribution in [0.1, 0.15) is 39.9 Å². The number of carbonyl (C=O) groups excluding carboxylic acids is 2. The number of carbonyl (C=O) groups is 2. The maximum Gasteiger partial charge on any atom is 0.254 e. The van der Waals surface area contributed by atoms with Crippen LogP contribution in [0.15, 0.2) is 54.7 Å². The van der Waals surface area contributed by atoms with Crippen molar-refractivity contribution in [3.05, 3.63) is 88.6 Å². The molecule has 2 aromatic carbocycles. The summed E-state index contributed by atoms with van der Waals surface area (Å²) in [6, 6.07) is 12.3. The van der Waals surface area contributed by atoms with Crippen LogP contribution in [-0.2, 0) is 11.3 Å². The Balaban J connectivity index is 1.38. The Morgan fingerprint density at radius 3 is 2.55 bits per heavy atom. The second-order valence-electron chi connectivity index (χ2n) is 7.64. The van der Waals surface area contributed by atoms with E-state index in [1.54, 1.807) is 12.3 Å². The van der Waals surface area contributed by atoms with Crippen LogP contribution in [0.2, 0.25) is 0 Å². The third-order valence-electron chi connectivity index (χ3n) is 4.89. The lowest BCUT2D eigenvalue weighted by Gasteiger charge is -2.10. The van der Waals surface area contributed by atoms with Crippen molar-refractivity contribution >= 4 is 11.8 Å². The lowest BCUT2D eigenvalue weighted by Crippen LogP contribution is -2.28. The Morgan fingerprint density at radius 2 is 1.82 bits per heavy atom. The van der Waals surface area contributed by atoms with Gasteiger partial charge in [-0.05, 0) is 55.2 Å². The molecule has 1 aromatic heterocycles. The van der Waals surface area contributed by atoms with Gasteiger partial charge in [-0.1, -0.05) is 18.2 Å². The third kappa shape index (κ3) is 7.10. The van der Waals surface area contributed by atoms with Crippen LogP contribution < -0.4 is 15.4 Å². The minimum absolute atomic E-state index is 0.187. The summed E-state index contributed by atoms with van der Waals surface area (Å²) in [5.41, 5.74) is 2.69. The number of aryl methyl sites for hydroxylation is 2. The second-order valence-corrected chi connectivity index (χ2v) is 7.64. The van der Waals surface area contributed by atoms with Crippen molar-refractivity contribution < 1.29 is 23.1 Å². The molecule has 6 nitrogen and oxygen atoms in total. The minimum atomic E-state index is -0.927. The van der Waals surface area contributed by atoms with Crippen molar-refractivity contribution in [2.75, 3.05) is 6.54 Å². The fourth-order valence-corrected chi connectivity index (χ4v) is 3.01. The number of nitrogens with one attached hydrogen (secondary N) is 2. The average molecular weight is 453 g/mol. The summed E-state index contributed by atoms with van der Waals surface area (Å²) in [5, 5.41) is 5.30. The molecule has 2 N–H and O–H groups in total. The summed E-state index contributed by atoms with van der Waals surface area (Å²) in [6.45, 7) is 4.45. The number of ether oxygens (including phenoxy) is 1. The molecule has 0 aliphatic carbocycles. The second kappa shape index (κ2) is 11.2. The summed E-state index contributed by atoms with van der Waals surface area (Å²) >= 11 is 0. The fraction of sp³-hybridized carbons (Fsp3) is 0.240. The Hall–Kier alpha value is -3.81. The molecule has 172 valence electrons. The van der Waals surface area contributed by atoms with Gasteiger partial charge in [0.15, 0.2) is 0 Å². The average Bonchev–Trinajstić information content (AvgIpc) is 2.78. The monoisotopic (exact) mass is 453 g/mol. The molecule has 0 radical (unpaired) electrons. The van der Waals surface area contributed by atoms with Crippen molar-refractivity contribution in [2.24, 2.45) is 0 Å².